The monoisotopic (exact) mass is 551 g/mol. The van der Waals surface area contributed by atoms with Gasteiger partial charge >= 0.3 is 0 Å². The van der Waals surface area contributed by atoms with Crippen molar-refractivity contribution in [1.82, 2.24) is 4.90 Å². The second-order valence-corrected chi connectivity index (χ2v) is 10.9. The summed E-state index contributed by atoms with van der Waals surface area (Å²) < 4.78 is 26.6. The average Bonchev–Trinajstić information content (AvgIpc) is 3.28. The van der Waals surface area contributed by atoms with Crippen molar-refractivity contribution in [3.63, 3.8) is 0 Å². The highest BCUT2D eigenvalue weighted by atomic mass is 32.2. The molecule has 1 aliphatic heterocycles. The maximum absolute atomic E-state index is 6.59. The van der Waals surface area contributed by atoms with Crippen LogP contribution in [0.3, 0.4) is 0 Å². The predicted octanol–water partition coefficient (Wildman–Crippen LogP) is 6.46. The summed E-state index contributed by atoms with van der Waals surface area (Å²) in [5.74, 6) is 0. The third kappa shape index (κ3) is 8.37. The molecule has 0 spiro atoms. The summed E-state index contributed by atoms with van der Waals surface area (Å²) in [6.07, 6.45) is -0.922. The first-order chi connectivity index (χ1) is 18.7. The highest BCUT2D eigenvalue weighted by Gasteiger charge is 2.47. The topological polar surface area (TPSA) is 40.2 Å². The Morgan fingerprint density at radius 1 is 0.737 bits per heavy atom. The van der Waals surface area contributed by atoms with E-state index in [4.69, 9.17) is 31.2 Å². The SMILES string of the molecule is CCN(CC)C(=S)S[C@@H]1O[C@H](COCc2ccccc2)[C@H](OCc2ccccc2)[C@H]1OCc1ccccc1. The summed E-state index contributed by atoms with van der Waals surface area (Å²) in [6, 6.07) is 30.5. The molecule has 0 saturated carbocycles. The Morgan fingerprint density at radius 3 is 1.71 bits per heavy atom. The minimum atomic E-state index is -0.317. The van der Waals surface area contributed by atoms with Gasteiger partial charge in [0.05, 0.1) is 26.4 Å². The van der Waals surface area contributed by atoms with Crippen LogP contribution in [-0.4, -0.2) is 52.7 Å². The molecule has 1 heterocycles. The minimum Gasteiger partial charge on any atom is -0.374 e. The van der Waals surface area contributed by atoms with E-state index in [9.17, 15) is 0 Å². The highest BCUT2D eigenvalue weighted by Crippen LogP contribution is 2.36. The lowest BCUT2D eigenvalue weighted by atomic mass is 10.1. The maximum atomic E-state index is 6.59. The molecule has 1 fully saturated rings. The second kappa shape index (κ2) is 15.4. The normalized spacial score (nSPS) is 20.9. The lowest BCUT2D eigenvalue weighted by Crippen LogP contribution is -2.39. The van der Waals surface area contributed by atoms with E-state index in [0.717, 1.165) is 34.1 Å². The van der Waals surface area contributed by atoms with Crippen molar-refractivity contribution in [3.05, 3.63) is 108 Å². The van der Waals surface area contributed by atoms with E-state index < -0.39 is 0 Å². The Morgan fingerprint density at radius 2 is 1.21 bits per heavy atom. The summed E-state index contributed by atoms with van der Waals surface area (Å²) >= 11 is 7.33. The molecule has 0 bridgehead atoms. The molecule has 202 valence electrons. The van der Waals surface area contributed by atoms with Crippen LogP contribution in [-0.2, 0) is 38.8 Å². The number of hydrogen-bond acceptors (Lipinski definition) is 6. The van der Waals surface area contributed by atoms with Gasteiger partial charge in [-0.2, -0.15) is 0 Å². The van der Waals surface area contributed by atoms with E-state index in [1.54, 1.807) is 11.8 Å². The molecule has 3 aromatic rings. The molecule has 0 aromatic heterocycles. The number of hydrogen-bond donors (Lipinski definition) is 0. The molecule has 7 heteroatoms. The van der Waals surface area contributed by atoms with Crippen LogP contribution in [0.1, 0.15) is 30.5 Å². The first kappa shape index (κ1) is 28.7. The summed E-state index contributed by atoms with van der Waals surface area (Å²) in [5.41, 5.74) is 3.02. The molecular formula is C31H37NO4S2. The van der Waals surface area contributed by atoms with Crippen LogP contribution < -0.4 is 0 Å². The van der Waals surface area contributed by atoms with E-state index in [0.29, 0.717) is 26.4 Å². The summed E-state index contributed by atoms with van der Waals surface area (Å²) in [4.78, 5) is 2.16. The number of benzene rings is 3. The number of rotatable bonds is 13. The van der Waals surface area contributed by atoms with Gasteiger partial charge in [0.25, 0.3) is 0 Å². The van der Waals surface area contributed by atoms with E-state index >= 15 is 0 Å². The zero-order chi connectivity index (χ0) is 26.6. The Labute approximate surface area is 236 Å². The van der Waals surface area contributed by atoms with Gasteiger partial charge in [0.2, 0.25) is 0 Å². The van der Waals surface area contributed by atoms with Gasteiger partial charge < -0.3 is 23.8 Å². The fraction of sp³-hybridized carbons (Fsp3) is 0.387. The first-order valence-electron chi connectivity index (χ1n) is 13.2. The van der Waals surface area contributed by atoms with Crippen molar-refractivity contribution < 1.29 is 18.9 Å². The molecule has 3 aromatic carbocycles. The van der Waals surface area contributed by atoms with Gasteiger partial charge in [-0.1, -0.05) is 115 Å². The van der Waals surface area contributed by atoms with Crippen molar-refractivity contribution in [2.45, 2.75) is 57.4 Å². The Hall–Kier alpha value is -2.26. The van der Waals surface area contributed by atoms with Crippen LogP contribution in [0.4, 0.5) is 0 Å². The third-order valence-electron chi connectivity index (χ3n) is 6.47. The van der Waals surface area contributed by atoms with Gasteiger partial charge in [-0.15, -0.1) is 0 Å². The third-order valence-corrected chi connectivity index (χ3v) is 8.09. The molecule has 5 nitrogen and oxygen atoms in total. The number of ether oxygens (including phenoxy) is 4. The summed E-state index contributed by atoms with van der Waals surface area (Å²) in [6.45, 7) is 7.76. The van der Waals surface area contributed by atoms with Gasteiger partial charge in [-0.3, -0.25) is 0 Å². The first-order valence-corrected chi connectivity index (χ1v) is 14.5. The lowest BCUT2D eigenvalue weighted by Gasteiger charge is -2.27. The zero-order valence-electron chi connectivity index (χ0n) is 22.1. The van der Waals surface area contributed by atoms with Crippen molar-refractivity contribution in [2.24, 2.45) is 0 Å². The second-order valence-electron chi connectivity index (χ2n) is 9.12. The number of nitrogens with zero attached hydrogens (tertiary/aromatic N) is 1. The minimum absolute atomic E-state index is 0.291. The molecule has 4 atom stereocenters. The Kier molecular flexibility index (Phi) is 11.6. The Balaban J connectivity index is 1.51. The van der Waals surface area contributed by atoms with E-state index in [2.05, 4.69) is 55.1 Å². The van der Waals surface area contributed by atoms with Crippen molar-refractivity contribution in [2.75, 3.05) is 19.7 Å². The van der Waals surface area contributed by atoms with Crippen LogP contribution in [0.25, 0.3) is 0 Å². The molecule has 0 N–H and O–H groups in total. The van der Waals surface area contributed by atoms with Gasteiger partial charge in [-0.05, 0) is 30.5 Å². The molecule has 0 amide bonds. The smallest absolute Gasteiger partial charge is 0.139 e. The molecule has 1 aliphatic rings. The average molecular weight is 552 g/mol. The molecule has 1 saturated heterocycles. The standard InChI is InChI=1S/C31H37NO4S2/c1-3-32(4-2)31(37)38-30-29(35-22-26-18-12-7-13-19-26)28(34-21-25-16-10-6-11-17-25)27(36-30)23-33-20-24-14-8-5-9-15-24/h5-19,27-30H,3-4,20-23H2,1-2H3/t27-,28+,29-,30+/m1/s1. The van der Waals surface area contributed by atoms with Crippen LogP contribution >= 0.6 is 24.0 Å². The van der Waals surface area contributed by atoms with E-state index in [1.165, 1.54) is 0 Å². The van der Waals surface area contributed by atoms with Crippen LogP contribution in [0.2, 0.25) is 0 Å². The van der Waals surface area contributed by atoms with Gasteiger partial charge in [0, 0.05) is 13.1 Å². The largest absolute Gasteiger partial charge is 0.374 e. The van der Waals surface area contributed by atoms with Gasteiger partial charge in [0.1, 0.15) is 28.1 Å². The van der Waals surface area contributed by atoms with Crippen molar-refractivity contribution >= 4 is 28.3 Å². The molecule has 38 heavy (non-hydrogen) atoms. The highest BCUT2D eigenvalue weighted by molar-refractivity contribution is 8.23. The molecule has 0 radical (unpaired) electrons. The number of thiocarbonyl (C=S) groups is 1. The van der Waals surface area contributed by atoms with Crippen molar-refractivity contribution in [1.29, 1.82) is 0 Å². The predicted molar refractivity (Wildman–Crippen MR) is 158 cm³/mol. The van der Waals surface area contributed by atoms with Crippen LogP contribution in [0, 0.1) is 0 Å². The van der Waals surface area contributed by atoms with E-state index in [1.807, 2.05) is 54.6 Å². The van der Waals surface area contributed by atoms with Gasteiger partial charge in [-0.25, -0.2) is 0 Å². The summed E-state index contributed by atoms with van der Waals surface area (Å²) in [5, 5.41) is 0. The summed E-state index contributed by atoms with van der Waals surface area (Å²) in [7, 11) is 0. The molecule has 4 rings (SSSR count). The number of thioether (sulfide) groups is 1. The molecular weight excluding hydrogens is 514 g/mol. The van der Waals surface area contributed by atoms with Crippen LogP contribution in [0.15, 0.2) is 91.0 Å². The fourth-order valence-electron chi connectivity index (χ4n) is 4.35. The fourth-order valence-corrected chi connectivity index (χ4v) is 6.07. The van der Waals surface area contributed by atoms with Crippen LogP contribution in [0.5, 0.6) is 0 Å². The lowest BCUT2D eigenvalue weighted by molar-refractivity contribution is -0.0895. The quantitative estimate of drug-likeness (QED) is 0.226. The van der Waals surface area contributed by atoms with E-state index in [-0.39, 0.29) is 23.7 Å². The van der Waals surface area contributed by atoms with Gasteiger partial charge in [0.15, 0.2) is 0 Å². The molecule has 0 aliphatic carbocycles. The van der Waals surface area contributed by atoms with Crippen molar-refractivity contribution in [3.8, 4) is 0 Å². The zero-order valence-corrected chi connectivity index (χ0v) is 23.7. The molecule has 0 unspecified atom stereocenters. The maximum Gasteiger partial charge on any atom is 0.139 e. The Bertz CT molecular complexity index is 1080.